The summed E-state index contributed by atoms with van der Waals surface area (Å²) in [7, 11) is 0. The first-order valence-electron chi connectivity index (χ1n) is 9.80. The second-order valence-corrected chi connectivity index (χ2v) is 8.41. The van der Waals surface area contributed by atoms with Crippen molar-refractivity contribution in [3.05, 3.63) is 111 Å². The lowest BCUT2D eigenvalue weighted by atomic mass is 10.1. The molecule has 0 amide bonds. The summed E-state index contributed by atoms with van der Waals surface area (Å²) in [5.74, 6) is -0.802. The first-order chi connectivity index (χ1) is 15.5. The van der Waals surface area contributed by atoms with E-state index in [9.17, 15) is 19.1 Å². The van der Waals surface area contributed by atoms with Crippen molar-refractivity contribution in [3.8, 4) is 5.75 Å². The van der Waals surface area contributed by atoms with Crippen molar-refractivity contribution in [2.45, 2.75) is 16.3 Å². The van der Waals surface area contributed by atoms with Gasteiger partial charge in [0.1, 0.15) is 17.0 Å². The van der Waals surface area contributed by atoms with Crippen molar-refractivity contribution in [3.63, 3.8) is 0 Å². The van der Waals surface area contributed by atoms with Gasteiger partial charge in [0.15, 0.2) is 5.58 Å². The van der Waals surface area contributed by atoms with Gasteiger partial charge < -0.3 is 14.1 Å². The van der Waals surface area contributed by atoms with E-state index in [2.05, 4.69) is 0 Å². The Kier molecular flexibility index (Phi) is 5.03. The molecule has 0 fully saturated rings. The molecule has 0 aliphatic heterocycles. The summed E-state index contributed by atoms with van der Waals surface area (Å²) in [6.07, 6.45) is 0. The van der Waals surface area contributed by atoms with Crippen LogP contribution >= 0.6 is 11.8 Å². The minimum atomic E-state index is -0.741. The van der Waals surface area contributed by atoms with Gasteiger partial charge in [0.05, 0.1) is 18.1 Å². The van der Waals surface area contributed by atoms with E-state index in [4.69, 9.17) is 4.42 Å². The minimum absolute atomic E-state index is 0.0432. The maximum atomic E-state index is 13.4. The maximum Gasteiger partial charge on any atom is 0.339 e. The number of halogens is 1. The monoisotopic (exact) mass is 445 g/mol. The molecule has 0 aliphatic rings. The molecular weight excluding hydrogens is 429 g/mol. The van der Waals surface area contributed by atoms with E-state index >= 15 is 0 Å². The van der Waals surface area contributed by atoms with E-state index in [1.54, 1.807) is 18.2 Å². The fourth-order valence-electron chi connectivity index (χ4n) is 3.67. The number of nitrogens with zero attached hydrogens (tertiary/aromatic N) is 1. The van der Waals surface area contributed by atoms with Crippen molar-refractivity contribution in [2.75, 3.05) is 0 Å². The van der Waals surface area contributed by atoms with Crippen LogP contribution in [-0.2, 0) is 6.54 Å². The highest BCUT2D eigenvalue weighted by molar-refractivity contribution is 7.99. The molecule has 0 spiro atoms. The summed E-state index contributed by atoms with van der Waals surface area (Å²) in [4.78, 5) is 27.2. The molecule has 7 heteroatoms. The quantitative estimate of drug-likeness (QED) is 0.387. The lowest BCUT2D eigenvalue weighted by Crippen LogP contribution is -2.22. The molecule has 158 valence electrons. The van der Waals surface area contributed by atoms with Crippen molar-refractivity contribution in [1.29, 1.82) is 0 Å². The molecule has 2 aromatic heterocycles. The third-order valence-corrected chi connectivity index (χ3v) is 6.13. The van der Waals surface area contributed by atoms with Crippen molar-refractivity contribution in [2.24, 2.45) is 0 Å². The van der Waals surface area contributed by atoms with E-state index in [0.29, 0.717) is 16.5 Å². The molecule has 3 aromatic carbocycles. The van der Waals surface area contributed by atoms with E-state index in [0.717, 1.165) is 15.9 Å². The lowest BCUT2D eigenvalue weighted by Gasteiger charge is -2.14. The fourth-order valence-corrected chi connectivity index (χ4v) is 4.54. The molecule has 0 unspecified atom stereocenters. The second kappa shape index (κ2) is 8.01. The van der Waals surface area contributed by atoms with Crippen LogP contribution < -0.4 is 11.2 Å². The second-order valence-electron chi connectivity index (χ2n) is 7.27. The predicted molar refractivity (Wildman–Crippen MR) is 122 cm³/mol. The molecule has 5 aromatic rings. The molecule has 2 heterocycles. The third-order valence-electron chi connectivity index (χ3n) is 5.14. The van der Waals surface area contributed by atoms with E-state index < -0.39 is 16.9 Å². The molecule has 0 saturated heterocycles. The molecule has 0 saturated carbocycles. The van der Waals surface area contributed by atoms with Gasteiger partial charge in [-0.25, -0.2) is 9.18 Å². The highest BCUT2D eigenvalue weighted by atomic mass is 32.2. The Hall–Kier alpha value is -3.84. The van der Waals surface area contributed by atoms with Gasteiger partial charge in [-0.1, -0.05) is 42.1 Å². The first-order valence-corrected chi connectivity index (χ1v) is 10.6. The van der Waals surface area contributed by atoms with Crippen LogP contribution in [0.4, 0.5) is 4.39 Å². The molecule has 0 aliphatic carbocycles. The number of benzene rings is 3. The van der Waals surface area contributed by atoms with Crippen LogP contribution in [0.2, 0.25) is 0 Å². The minimum Gasteiger partial charge on any atom is -0.507 e. The van der Waals surface area contributed by atoms with Crippen LogP contribution in [0.5, 0.6) is 5.75 Å². The summed E-state index contributed by atoms with van der Waals surface area (Å²) < 4.78 is 20.2. The van der Waals surface area contributed by atoms with Crippen LogP contribution in [-0.4, -0.2) is 9.67 Å². The molecule has 0 radical (unpaired) electrons. The van der Waals surface area contributed by atoms with Crippen LogP contribution in [0, 0.1) is 5.82 Å². The van der Waals surface area contributed by atoms with E-state index in [-0.39, 0.29) is 23.3 Å². The predicted octanol–water partition coefficient (Wildman–Crippen LogP) is 5.15. The first kappa shape index (κ1) is 20.1. The maximum absolute atomic E-state index is 13.4. The average molecular weight is 445 g/mol. The third kappa shape index (κ3) is 3.67. The summed E-state index contributed by atoms with van der Waals surface area (Å²) in [6, 6.07) is 22.0. The fraction of sp³-hybridized carbons (Fsp3) is 0.0400. The Balaban J connectivity index is 1.77. The zero-order chi connectivity index (χ0) is 22.2. The number of fused-ring (bicyclic) bond motifs is 3. The number of hydrogen-bond donors (Lipinski definition) is 1. The topological polar surface area (TPSA) is 72.4 Å². The van der Waals surface area contributed by atoms with Gasteiger partial charge >= 0.3 is 5.63 Å². The zero-order valence-corrected chi connectivity index (χ0v) is 17.4. The van der Waals surface area contributed by atoms with Crippen LogP contribution in [0.25, 0.3) is 21.9 Å². The Bertz CT molecular complexity index is 1570. The molecule has 1 N–H and O–H groups in total. The number of aromatic hydroxyl groups is 1. The lowest BCUT2D eigenvalue weighted by molar-refractivity contribution is 0.467. The van der Waals surface area contributed by atoms with Gasteiger partial charge in [-0.15, -0.1) is 0 Å². The zero-order valence-electron chi connectivity index (χ0n) is 16.6. The molecule has 32 heavy (non-hydrogen) atoms. The molecule has 5 rings (SSSR count). The Morgan fingerprint density at radius 1 is 0.906 bits per heavy atom. The van der Waals surface area contributed by atoms with Gasteiger partial charge in [0, 0.05) is 15.2 Å². The van der Waals surface area contributed by atoms with Gasteiger partial charge in [0.2, 0.25) is 0 Å². The van der Waals surface area contributed by atoms with Gasteiger partial charge in [0.25, 0.3) is 5.56 Å². The number of aromatic nitrogens is 1. The van der Waals surface area contributed by atoms with Gasteiger partial charge in [-0.3, -0.25) is 4.79 Å². The number of hydrogen-bond acceptors (Lipinski definition) is 5. The SMILES string of the molecule is O=c1cc(O)c2c(=O)n(Cc3ccc(F)cc3)c3cc(Sc4ccccc4)ccc3c2o1. The van der Waals surface area contributed by atoms with Crippen molar-refractivity contribution in [1.82, 2.24) is 4.57 Å². The molecule has 0 atom stereocenters. The number of pyridine rings is 1. The summed E-state index contributed by atoms with van der Waals surface area (Å²) in [6.45, 7) is 0.156. The van der Waals surface area contributed by atoms with E-state index in [1.165, 1.54) is 28.5 Å². The average Bonchev–Trinajstić information content (AvgIpc) is 2.78. The van der Waals surface area contributed by atoms with Crippen molar-refractivity contribution >= 4 is 33.6 Å². The van der Waals surface area contributed by atoms with Crippen LogP contribution in [0.1, 0.15) is 5.56 Å². The Morgan fingerprint density at radius 2 is 1.66 bits per heavy atom. The van der Waals surface area contributed by atoms with Crippen LogP contribution in [0.3, 0.4) is 0 Å². The molecule has 0 bridgehead atoms. The van der Waals surface area contributed by atoms with E-state index in [1.807, 2.05) is 42.5 Å². The largest absolute Gasteiger partial charge is 0.507 e. The standard InChI is InChI=1S/C25H16FNO4S/c26-16-8-6-15(7-9-16)14-27-20-12-18(32-17-4-2-1-3-5-17)10-11-19(20)24-23(25(27)30)21(28)13-22(29)31-24/h1-13,28H,14H2. The summed E-state index contributed by atoms with van der Waals surface area (Å²) >= 11 is 1.53. The van der Waals surface area contributed by atoms with Gasteiger partial charge in [-0.05, 0) is 48.0 Å². The molecule has 5 nitrogen and oxygen atoms in total. The van der Waals surface area contributed by atoms with Crippen molar-refractivity contribution < 1.29 is 13.9 Å². The summed E-state index contributed by atoms with van der Waals surface area (Å²) in [5, 5.41) is 10.8. The summed E-state index contributed by atoms with van der Waals surface area (Å²) in [5.41, 5.74) is 0.0601. The highest BCUT2D eigenvalue weighted by Crippen LogP contribution is 2.33. The highest BCUT2D eigenvalue weighted by Gasteiger charge is 2.18. The Morgan fingerprint density at radius 3 is 2.41 bits per heavy atom. The number of rotatable bonds is 4. The Labute approximate surface area is 185 Å². The van der Waals surface area contributed by atoms with Gasteiger partial charge in [-0.2, -0.15) is 0 Å². The van der Waals surface area contributed by atoms with Crippen LogP contribution in [0.15, 0.2) is 103 Å². The smallest absolute Gasteiger partial charge is 0.339 e. The normalized spacial score (nSPS) is 11.3. The molecular formula is C25H16FNO4S.